The molecule has 1 aromatic rings. The van der Waals surface area contributed by atoms with E-state index in [9.17, 15) is 9.59 Å². The van der Waals surface area contributed by atoms with Crippen LogP contribution in [0.5, 0.6) is 0 Å². The molecule has 5 nitrogen and oxygen atoms in total. The minimum absolute atomic E-state index is 0.0181. The van der Waals surface area contributed by atoms with Crippen molar-refractivity contribution >= 4 is 11.9 Å². The second-order valence-corrected chi connectivity index (χ2v) is 7.66. The Labute approximate surface area is 156 Å². The zero-order chi connectivity index (χ0) is 19.1. The second-order valence-electron chi connectivity index (χ2n) is 7.66. The third-order valence-electron chi connectivity index (χ3n) is 5.31. The van der Waals surface area contributed by atoms with Gasteiger partial charge < -0.3 is 15.2 Å². The minimum atomic E-state index is -0.630. The first kappa shape index (κ1) is 20.4. The van der Waals surface area contributed by atoms with Crippen molar-refractivity contribution in [2.45, 2.75) is 46.1 Å². The van der Waals surface area contributed by atoms with Gasteiger partial charge >= 0.3 is 11.9 Å². The van der Waals surface area contributed by atoms with E-state index in [0.717, 1.165) is 24.8 Å². The Balaban J connectivity index is 2.04. The lowest BCUT2D eigenvalue weighted by Crippen LogP contribution is -2.35. The van der Waals surface area contributed by atoms with E-state index >= 15 is 0 Å². The molecule has 0 amide bonds. The lowest BCUT2D eigenvalue weighted by atomic mass is 9.70. The molecule has 5 heteroatoms. The van der Waals surface area contributed by atoms with Gasteiger partial charge in [0.2, 0.25) is 0 Å². The molecule has 0 aromatic heterocycles. The zero-order valence-electron chi connectivity index (χ0n) is 16.0. The van der Waals surface area contributed by atoms with E-state index in [1.54, 1.807) is 0 Å². The van der Waals surface area contributed by atoms with E-state index in [0.29, 0.717) is 17.8 Å². The molecule has 144 valence electrons. The number of carbonyl (C=O) groups excluding carboxylic acids is 2. The molecule has 26 heavy (non-hydrogen) atoms. The summed E-state index contributed by atoms with van der Waals surface area (Å²) in [5.41, 5.74) is 6.15. The van der Waals surface area contributed by atoms with Crippen molar-refractivity contribution in [3.8, 4) is 0 Å². The molecular weight excluding hydrogens is 330 g/mol. The van der Waals surface area contributed by atoms with Crippen molar-refractivity contribution in [3.05, 3.63) is 35.9 Å². The van der Waals surface area contributed by atoms with Crippen LogP contribution >= 0.6 is 0 Å². The van der Waals surface area contributed by atoms with Crippen molar-refractivity contribution < 1.29 is 19.1 Å². The van der Waals surface area contributed by atoms with Crippen LogP contribution in [0.2, 0.25) is 0 Å². The molecule has 0 heterocycles. The molecule has 1 unspecified atom stereocenters. The van der Waals surface area contributed by atoms with E-state index < -0.39 is 12.1 Å². The number of carbonyl (C=O) groups is 2. The summed E-state index contributed by atoms with van der Waals surface area (Å²) in [6.07, 6.45) is 2.45. The summed E-state index contributed by atoms with van der Waals surface area (Å²) in [7, 11) is 0. The van der Waals surface area contributed by atoms with Crippen molar-refractivity contribution in [1.29, 1.82) is 0 Å². The highest BCUT2D eigenvalue weighted by Crippen LogP contribution is 2.38. The predicted molar refractivity (Wildman–Crippen MR) is 100 cm³/mol. The van der Waals surface area contributed by atoms with Crippen LogP contribution < -0.4 is 5.73 Å². The molecular formula is C21H31NO4. The van der Waals surface area contributed by atoms with Gasteiger partial charge in [0.25, 0.3) is 0 Å². The molecule has 0 bridgehead atoms. The van der Waals surface area contributed by atoms with Gasteiger partial charge in [-0.05, 0) is 36.2 Å². The van der Waals surface area contributed by atoms with Crippen LogP contribution in [0.1, 0.15) is 51.7 Å². The van der Waals surface area contributed by atoms with Gasteiger partial charge in [-0.1, -0.05) is 57.5 Å². The number of esters is 2. The largest absolute Gasteiger partial charge is 0.461 e. The Morgan fingerprint density at radius 3 is 2.50 bits per heavy atom. The SMILES string of the molecule is CC(C)[C@@H]1CC[C@@H](C)C[C@H]1C(=O)OCC(OC(=O)CN)c1ccccc1. The molecule has 1 aromatic carbocycles. The highest BCUT2D eigenvalue weighted by atomic mass is 16.6. The van der Waals surface area contributed by atoms with Gasteiger partial charge in [0.15, 0.2) is 6.10 Å². The maximum absolute atomic E-state index is 12.8. The standard InChI is InChI=1S/C21H31NO4/c1-14(2)17-10-9-15(3)11-18(17)21(24)25-13-19(26-20(23)12-22)16-7-5-4-6-8-16/h4-8,14-15,17-19H,9-13,22H2,1-3H3/t15-,17+,18-,19?/m1/s1. The van der Waals surface area contributed by atoms with Gasteiger partial charge in [0.05, 0.1) is 12.5 Å². The predicted octanol–water partition coefficient (Wildman–Crippen LogP) is 3.48. The lowest BCUT2D eigenvalue weighted by Gasteiger charge is -2.36. The molecule has 2 rings (SSSR count). The van der Waals surface area contributed by atoms with Crippen molar-refractivity contribution in [2.24, 2.45) is 29.4 Å². The highest BCUT2D eigenvalue weighted by Gasteiger charge is 2.36. The molecule has 4 atom stereocenters. The minimum Gasteiger partial charge on any atom is -0.461 e. The molecule has 1 aliphatic rings. The summed E-state index contributed by atoms with van der Waals surface area (Å²) in [5, 5.41) is 0. The number of hydrogen-bond donors (Lipinski definition) is 1. The summed E-state index contributed by atoms with van der Waals surface area (Å²) in [5.74, 6) is 0.546. The topological polar surface area (TPSA) is 78.6 Å². The normalized spacial score (nSPS) is 24.1. The molecule has 0 spiro atoms. The molecule has 1 aliphatic carbocycles. The highest BCUT2D eigenvalue weighted by molar-refractivity contribution is 5.73. The smallest absolute Gasteiger partial charge is 0.320 e. The van der Waals surface area contributed by atoms with Crippen LogP contribution in [0.3, 0.4) is 0 Å². The van der Waals surface area contributed by atoms with Crippen LogP contribution in [-0.2, 0) is 19.1 Å². The number of benzene rings is 1. The maximum Gasteiger partial charge on any atom is 0.320 e. The Morgan fingerprint density at radius 2 is 1.88 bits per heavy atom. The van der Waals surface area contributed by atoms with Crippen LogP contribution in [0.15, 0.2) is 30.3 Å². The summed E-state index contributed by atoms with van der Waals surface area (Å²) >= 11 is 0. The number of hydrogen-bond acceptors (Lipinski definition) is 5. The monoisotopic (exact) mass is 361 g/mol. The molecule has 0 saturated heterocycles. The van der Waals surface area contributed by atoms with Gasteiger partial charge in [-0.15, -0.1) is 0 Å². The summed E-state index contributed by atoms with van der Waals surface area (Å²) in [6, 6.07) is 9.30. The molecule has 0 radical (unpaired) electrons. The Morgan fingerprint density at radius 1 is 1.19 bits per heavy atom. The van der Waals surface area contributed by atoms with Crippen molar-refractivity contribution in [2.75, 3.05) is 13.2 Å². The van der Waals surface area contributed by atoms with Gasteiger partial charge in [-0.25, -0.2) is 0 Å². The second kappa shape index (κ2) is 9.72. The lowest BCUT2D eigenvalue weighted by molar-refractivity contribution is -0.164. The van der Waals surface area contributed by atoms with Crippen LogP contribution in [-0.4, -0.2) is 25.1 Å². The fourth-order valence-electron chi connectivity index (χ4n) is 3.81. The number of rotatable bonds is 7. The maximum atomic E-state index is 12.8. The molecule has 2 N–H and O–H groups in total. The van der Waals surface area contributed by atoms with Crippen LogP contribution in [0, 0.1) is 23.7 Å². The fourth-order valence-corrected chi connectivity index (χ4v) is 3.81. The van der Waals surface area contributed by atoms with Gasteiger partial charge in [-0.3, -0.25) is 9.59 Å². The fraction of sp³-hybridized carbons (Fsp3) is 0.619. The van der Waals surface area contributed by atoms with Gasteiger partial charge in [-0.2, -0.15) is 0 Å². The van der Waals surface area contributed by atoms with E-state index in [4.69, 9.17) is 15.2 Å². The van der Waals surface area contributed by atoms with Gasteiger partial charge in [0.1, 0.15) is 6.61 Å². The zero-order valence-corrected chi connectivity index (χ0v) is 16.0. The summed E-state index contributed by atoms with van der Waals surface area (Å²) < 4.78 is 11.0. The van der Waals surface area contributed by atoms with E-state index in [2.05, 4.69) is 20.8 Å². The van der Waals surface area contributed by atoms with Crippen molar-refractivity contribution in [3.63, 3.8) is 0 Å². The third-order valence-corrected chi connectivity index (χ3v) is 5.31. The first-order valence-corrected chi connectivity index (χ1v) is 9.53. The van der Waals surface area contributed by atoms with E-state index in [-0.39, 0.29) is 25.0 Å². The van der Waals surface area contributed by atoms with Crippen LogP contribution in [0.4, 0.5) is 0 Å². The Hall–Kier alpha value is -1.88. The molecule has 1 fully saturated rings. The van der Waals surface area contributed by atoms with E-state index in [1.165, 1.54) is 0 Å². The Kier molecular flexibility index (Phi) is 7.64. The number of ether oxygens (including phenoxy) is 2. The van der Waals surface area contributed by atoms with Crippen molar-refractivity contribution in [1.82, 2.24) is 0 Å². The van der Waals surface area contributed by atoms with Gasteiger partial charge in [0, 0.05) is 0 Å². The first-order valence-electron chi connectivity index (χ1n) is 9.53. The third kappa shape index (κ3) is 5.56. The quantitative estimate of drug-likeness (QED) is 0.752. The first-order chi connectivity index (χ1) is 12.4. The Bertz CT molecular complexity index is 587. The van der Waals surface area contributed by atoms with E-state index in [1.807, 2.05) is 30.3 Å². The summed E-state index contributed by atoms with van der Waals surface area (Å²) in [4.78, 5) is 24.4. The summed E-state index contributed by atoms with van der Waals surface area (Å²) in [6.45, 7) is 6.33. The number of nitrogens with two attached hydrogens (primary N) is 1. The molecule has 0 aliphatic heterocycles. The average molecular weight is 361 g/mol. The molecule has 1 saturated carbocycles. The van der Waals surface area contributed by atoms with Crippen LogP contribution in [0.25, 0.3) is 0 Å². The average Bonchev–Trinajstić information content (AvgIpc) is 2.64.